The molecule has 1 N–H and O–H groups in total. The van der Waals surface area contributed by atoms with Crippen LogP contribution in [0.3, 0.4) is 0 Å². The summed E-state index contributed by atoms with van der Waals surface area (Å²) in [5, 5.41) is 0. The van der Waals surface area contributed by atoms with E-state index < -0.39 is 32.7 Å². The lowest BCUT2D eigenvalue weighted by Gasteiger charge is -2.25. The molecule has 9 nitrogen and oxygen atoms in total. The van der Waals surface area contributed by atoms with E-state index in [-0.39, 0.29) is 18.3 Å². The lowest BCUT2D eigenvalue weighted by atomic mass is 10.1. The maximum atomic E-state index is 14.8. The van der Waals surface area contributed by atoms with E-state index in [4.69, 9.17) is 9.47 Å². The highest BCUT2D eigenvalue weighted by atomic mass is 32.2. The predicted molar refractivity (Wildman–Crippen MR) is 138 cm³/mol. The fourth-order valence-electron chi connectivity index (χ4n) is 4.28. The van der Waals surface area contributed by atoms with Crippen molar-refractivity contribution in [3.8, 4) is 5.75 Å². The highest BCUT2D eigenvalue weighted by Gasteiger charge is 2.33. The Hall–Kier alpha value is -3.51. The van der Waals surface area contributed by atoms with Gasteiger partial charge in [-0.15, -0.1) is 0 Å². The van der Waals surface area contributed by atoms with Gasteiger partial charge >= 0.3 is 0 Å². The summed E-state index contributed by atoms with van der Waals surface area (Å²) in [7, 11) is -3.96. The Labute approximate surface area is 219 Å². The van der Waals surface area contributed by atoms with Gasteiger partial charge in [0.2, 0.25) is 10.0 Å². The summed E-state index contributed by atoms with van der Waals surface area (Å²) >= 11 is 0. The molecule has 0 spiro atoms. The number of sulfonamides is 1. The zero-order chi connectivity index (χ0) is 27.2. The topological polar surface area (TPSA) is 102 Å². The second-order valence-electron chi connectivity index (χ2n) is 10.2. The van der Waals surface area contributed by atoms with E-state index in [1.807, 2.05) is 0 Å². The quantitative estimate of drug-likeness (QED) is 0.503. The van der Waals surface area contributed by atoms with Gasteiger partial charge in [-0.3, -0.25) is 9.20 Å². The molecule has 1 aromatic carbocycles. The number of benzene rings is 1. The molecule has 5 rings (SSSR count). The van der Waals surface area contributed by atoms with Crippen LogP contribution in [0.25, 0.3) is 11.3 Å². The van der Waals surface area contributed by atoms with Crippen LogP contribution in [0, 0.1) is 5.82 Å². The van der Waals surface area contributed by atoms with Gasteiger partial charge in [0.05, 0.1) is 42.1 Å². The number of hydrogen-bond acceptors (Lipinski definition) is 7. The van der Waals surface area contributed by atoms with Crippen molar-refractivity contribution < 1.29 is 31.5 Å². The van der Waals surface area contributed by atoms with Gasteiger partial charge in [-0.2, -0.15) is 0 Å². The van der Waals surface area contributed by atoms with Crippen molar-refractivity contribution in [2.24, 2.45) is 0 Å². The smallest absolute Gasteiger partial charge is 0.283 e. The van der Waals surface area contributed by atoms with Crippen LogP contribution in [0.4, 0.5) is 14.5 Å². The molecule has 4 heterocycles. The number of ether oxygens (including phenoxy) is 2. The molecule has 38 heavy (non-hydrogen) atoms. The van der Waals surface area contributed by atoms with Crippen molar-refractivity contribution in [1.29, 1.82) is 0 Å². The normalized spacial score (nSPS) is 20.1. The minimum Gasteiger partial charge on any atom is -0.487 e. The van der Waals surface area contributed by atoms with Gasteiger partial charge in [0.15, 0.2) is 0 Å². The molecule has 3 aromatic rings. The van der Waals surface area contributed by atoms with E-state index in [1.165, 1.54) is 55.6 Å². The molecular formula is C26H28F2N4O5S. The number of nitrogens with one attached hydrogen (secondary N) is 1. The maximum Gasteiger partial charge on any atom is 0.283 e. The molecule has 2 atom stereocenters. The number of halogens is 2. The second-order valence-corrected chi connectivity index (χ2v) is 12.7. The molecule has 0 radical (unpaired) electrons. The van der Waals surface area contributed by atoms with Crippen LogP contribution < -0.4 is 14.4 Å². The lowest BCUT2D eigenvalue weighted by molar-refractivity contribution is 0.0975. The minimum absolute atomic E-state index is 0.00721. The van der Waals surface area contributed by atoms with Crippen LogP contribution in [0.5, 0.6) is 5.75 Å². The Bertz CT molecular complexity index is 1520. The number of nitrogens with zero attached hydrogens (tertiary/aromatic N) is 3. The molecule has 2 aliphatic rings. The van der Waals surface area contributed by atoms with E-state index in [0.717, 1.165) is 0 Å². The summed E-state index contributed by atoms with van der Waals surface area (Å²) in [6.07, 6.45) is 3.40. The largest absolute Gasteiger partial charge is 0.487 e. The summed E-state index contributed by atoms with van der Waals surface area (Å²) in [5.41, 5.74) is 1.68. The summed E-state index contributed by atoms with van der Waals surface area (Å²) in [4.78, 5) is 18.7. The molecule has 0 aliphatic carbocycles. The molecule has 0 bridgehead atoms. The average molecular weight is 547 g/mol. The molecule has 1 fully saturated rings. The molecule has 1 saturated heterocycles. The number of carbonyl (C=O) groups excluding carboxylic acids is 1. The monoisotopic (exact) mass is 546 g/mol. The van der Waals surface area contributed by atoms with E-state index in [1.54, 1.807) is 23.2 Å². The molecule has 12 heteroatoms. The Morgan fingerprint density at radius 2 is 2.03 bits per heavy atom. The van der Waals surface area contributed by atoms with Crippen LogP contribution in [0.2, 0.25) is 0 Å². The third kappa shape index (κ3) is 4.97. The van der Waals surface area contributed by atoms with Crippen LogP contribution in [0.1, 0.15) is 43.2 Å². The first kappa shape index (κ1) is 26.1. The van der Waals surface area contributed by atoms with Crippen LogP contribution in [-0.2, 0) is 14.8 Å². The van der Waals surface area contributed by atoms with Crippen molar-refractivity contribution >= 4 is 33.0 Å². The Morgan fingerprint density at radius 1 is 1.24 bits per heavy atom. The molecule has 1 amide bonds. The van der Waals surface area contributed by atoms with Gasteiger partial charge in [0.1, 0.15) is 35.2 Å². The van der Waals surface area contributed by atoms with Crippen molar-refractivity contribution in [3.05, 3.63) is 65.9 Å². The van der Waals surface area contributed by atoms with Gasteiger partial charge in [0.25, 0.3) is 5.91 Å². The van der Waals surface area contributed by atoms with E-state index in [2.05, 4.69) is 9.71 Å². The van der Waals surface area contributed by atoms with Crippen molar-refractivity contribution in [2.45, 2.75) is 44.2 Å². The van der Waals surface area contributed by atoms with Crippen LogP contribution in [0.15, 0.2) is 48.8 Å². The number of alkyl halides is 1. The average Bonchev–Trinajstić information content (AvgIpc) is 3.58. The van der Waals surface area contributed by atoms with Crippen molar-refractivity contribution in [3.63, 3.8) is 0 Å². The van der Waals surface area contributed by atoms with Crippen LogP contribution >= 0.6 is 0 Å². The number of fused-ring (bicyclic) bond motifs is 1. The SMILES string of the molecule is CC(C)(C)S(=O)(=O)NC(=O)c1cnc2ccc(N3C[C@@H](F)C=C3c3cc(F)ccc3O[C@@H]3CCOC3)cn12. The highest BCUT2D eigenvalue weighted by molar-refractivity contribution is 7.91. The van der Waals surface area contributed by atoms with Gasteiger partial charge < -0.3 is 14.4 Å². The molecule has 0 unspecified atom stereocenters. The first-order valence-corrected chi connectivity index (χ1v) is 13.6. The van der Waals surface area contributed by atoms with Crippen molar-refractivity contribution in [1.82, 2.24) is 14.1 Å². The molecule has 2 aromatic heterocycles. The third-order valence-corrected chi connectivity index (χ3v) is 8.52. The fraction of sp³-hybridized carbons (Fsp3) is 0.385. The first-order chi connectivity index (χ1) is 17.9. The lowest BCUT2D eigenvalue weighted by Crippen LogP contribution is -2.42. The number of carbonyl (C=O) groups is 1. The molecular weight excluding hydrogens is 518 g/mol. The zero-order valence-electron chi connectivity index (χ0n) is 21.1. The first-order valence-electron chi connectivity index (χ1n) is 12.1. The van der Waals surface area contributed by atoms with Gasteiger partial charge in [-0.25, -0.2) is 26.9 Å². The van der Waals surface area contributed by atoms with Gasteiger partial charge in [0, 0.05) is 18.2 Å². The summed E-state index contributed by atoms with van der Waals surface area (Å²) in [6.45, 7) is 5.38. The van der Waals surface area contributed by atoms with Crippen molar-refractivity contribution in [2.75, 3.05) is 24.7 Å². The third-order valence-electron chi connectivity index (χ3n) is 6.45. The number of pyridine rings is 1. The fourth-order valence-corrected chi connectivity index (χ4v) is 4.94. The number of imidazole rings is 1. The number of rotatable bonds is 6. The predicted octanol–water partition coefficient (Wildman–Crippen LogP) is 3.70. The maximum absolute atomic E-state index is 14.8. The van der Waals surface area contributed by atoms with Crippen LogP contribution in [-0.4, -0.2) is 60.5 Å². The number of anilines is 1. The number of amides is 1. The molecule has 2 aliphatic heterocycles. The minimum atomic E-state index is -3.96. The molecule has 202 valence electrons. The summed E-state index contributed by atoms with van der Waals surface area (Å²) in [5.74, 6) is -0.935. The van der Waals surface area contributed by atoms with E-state index in [9.17, 15) is 22.0 Å². The standard InChI is InChI=1S/C26H28F2N4O5S/c1-26(2,3)38(34,35)30-25(33)22-12-29-24-7-5-18(14-32(22)24)31-13-17(28)11-21(31)20-10-16(27)4-6-23(20)37-19-8-9-36-15-19/h4-7,10-12,14,17,19H,8-9,13,15H2,1-3H3,(H,30,33)/t17-,19+/m0/s1. The van der Waals surface area contributed by atoms with E-state index in [0.29, 0.717) is 48.0 Å². The van der Waals surface area contributed by atoms with Gasteiger partial charge in [-0.05, 0) is 57.2 Å². The van der Waals surface area contributed by atoms with Gasteiger partial charge in [-0.1, -0.05) is 0 Å². The zero-order valence-corrected chi connectivity index (χ0v) is 22.0. The Morgan fingerprint density at radius 3 is 2.74 bits per heavy atom. The molecule has 0 saturated carbocycles. The Balaban J connectivity index is 1.50. The van der Waals surface area contributed by atoms with E-state index >= 15 is 0 Å². The summed E-state index contributed by atoms with van der Waals surface area (Å²) < 4.78 is 67.9. The number of hydrogen-bond donors (Lipinski definition) is 1. The second kappa shape index (κ2) is 9.66. The highest BCUT2D eigenvalue weighted by Crippen LogP contribution is 2.38. The number of aromatic nitrogens is 2. The summed E-state index contributed by atoms with van der Waals surface area (Å²) in [6, 6.07) is 7.44. The Kier molecular flexibility index (Phi) is 6.64.